The van der Waals surface area contributed by atoms with Gasteiger partial charge in [-0.2, -0.15) is 0 Å². The summed E-state index contributed by atoms with van der Waals surface area (Å²) in [5.74, 6) is 0.511. The summed E-state index contributed by atoms with van der Waals surface area (Å²) in [5, 5.41) is 1.51. The third kappa shape index (κ3) is 4.29. The fourth-order valence-corrected chi connectivity index (χ4v) is 1.36. The molecule has 1 aliphatic rings. The standard InChI is InChI=1S/C14H21NO3/c1-3-12(2)9-17-15(18-11-14-10-16-14)13-7-5-4-6-8-13/h4-8,12,14H,3,9-11H2,1-2H3. The molecule has 4 heteroatoms. The first-order valence-corrected chi connectivity index (χ1v) is 6.52. The van der Waals surface area contributed by atoms with E-state index < -0.39 is 0 Å². The minimum atomic E-state index is 0.225. The minimum absolute atomic E-state index is 0.225. The molecule has 0 bridgehead atoms. The highest BCUT2D eigenvalue weighted by Crippen LogP contribution is 2.18. The van der Waals surface area contributed by atoms with E-state index in [1.807, 2.05) is 30.3 Å². The van der Waals surface area contributed by atoms with Crippen molar-refractivity contribution in [2.75, 3.05) is 25.0 Å². The number of nitrogens with zero attached hydrogens (tertiary/aromatic N) is 1. The fourth-order valence-electron chi connectivity index (χ4n) is 1.36. The molecule has 1 saturated heterocycles. The van der Waals surface area contributed by atoms with Crippen LogP contribution < -0.4 is 5.23 Å². The Morgan fingerprint density at radius 1 is 1.33 bits per heavy atom. The maximum atomic E-state index is 5.71. The predicted molar refractivity (Wildman–Crippen MR) is 70.0 cm³/mol. The Labute approximate surface area is 108 Å². The Morgan fingerprint density at radius 3 is 2.67 bits per heavy atom. The summed E-state index contributed by atoms with van der Waals surface area (Å²) in [6.07, 6.45) is 1.32. The van der Waals surface area contributed by atoms with Gasteiger partial charge in [0, 0.05) is 0 Å². The molecule has 1 fully saturated rings. The summed E-state index contributed by atoms with van der Waals surface area (Å²) in [6, 6.07) is 9.83. The van der Waals surface area contributed by atoms with Gasteiger partial charge < -0.3 is 4.74 Å². The first kappa shape index (κ1) is 13.3. The van der Waals surface area contributed by atoms with E-state index in [4.69, 9.17) is 14.4 Å². The van der Waals surface area contributed by atoms with Crippen molar-refractivity contribution in [1.82, 2.24) is 0 Å². The van der Waals surface area contributed by atoms with Gasteiger partial charge in [-0.15, -0.1) is 5.23 Å². The van der Waals surface area contributed by atoms with Crippen LogP contribution in [0.3, 0.4) is 0 Å². The molecule has 1 aromatic rings. The SMILES string of the molecule is CCC(C)CON(OCC1CO1)c1ccccc1. The van der Waals surface area contributed by atoms with Crippen molar-refractivity contribution in [2.24, 2.45) is 5.92 Å². The van der Waals surface area contributed by atoms with Crippen LogP contribution in [0.1, 0.15) is 20.3 Å². The molecule has 0 N–H and O–H groups in total. The monoisotopic (exact) mass is 251 g/mol. The third-order valence-corrected chi connectivity index (χ3v) is 2.92. The Kier molecular flexibility index (Phi) is 4.99. The van der Waals surface area contributed by atoms with E-state index in [2.05, 4.69) is 13.8 Å². The highest BCUT2D eigenvalue weighted by molar-refractivity contribution is 5.40. The molecule has 4 nitrogen and oxygen atoms in total. The summed E-state index contributed by atoms with van der Waals surface area (Å²) < 4.78 is 5.13. The highest BCUT2D eigenvalue weighted by Gasteiger charge is 2.24. The van der Waals surface area contributed by atoms with E-state index in [1.54, 1.807) is 0 Å². The van der Waals surface area contributed by atoms with Crippen molar-refractivity contribution >= 4 is 5.69 Å². The number of hydrogen-bond donors (Lipinski definition) is 0. The van der Waals surface area contributed by atoms with E-state index in [9.17, 15) is 0 Å². The van der Waals surface area contributed by atoms with Crippen molar-refractivity contribution in [1.29, 1.82) is 0 Å². The van der Waals surface area contributed by atoms with Crippen LogP contribution >= 0.6 is 0 Å². The zero-order chi connectivity index (χ0) is 12.8. The minimum Gasteiger partial charge on any atom is -0.371 e. The molecule has 0 aromatic heterocycles. The molecule has 0 saturated carbocycles. The maximum Gasteiger partial charge on any atom is 0.107 e. The molecule has 2 unspecified atom stereocenters. The number of rotatable bonds is 8. The second-order valence-electron chi connectivity index (χ2n) is 4.65. The smallest absolute Gasteiger partial charge is 0.107 e. The number of epoxide rings is 1. The van der Waals surface area contributed by atoms with Crippen LogP contribution in [0.25, 0.3) is 0 Å². The zero-order valence-electron chi connectivity index (χ0n) is 11.0. The lowest BCUT2D eigenvalue weighted by atomic mass is 10.1. The number of ether oxygens (including phenoxy) is 1. The van der Waals surface area contributed by atoms with Gasteiger partial charge in [-0.3, -0.25) is 0 Å². The summed E-state index contributed by atoms with van der Waals surface area (Å²) in [5.41, 5.74) is 0.904. The van der Waals surface area contributed by atoms with Gasteiger partial charge >= 0.3 is 0 Å². The van der Waals surface area contributed by atoms with Crippen molar-refractivity contribution in [3.8, 4) is 0 Å². The molecule has 1 aliphatic heterocycles. The molecule has 1 aromatic carbocycles. The molecule has 0 spiro atoms. The van der Waals surface area contributed by atoms with E-state index in [1.165, 1.54) is 5.23 Å². The molecule has 0 aliphatic carbocycles. The Bertz CT molecular complexity index is 340. The average molecular weight is 251 g/mol. The van der Waals surface area contributed by atoms with E-state index in [0.29, 0.717) is 19.1 Å². The second-order valence-corrected chi connectivity index (χ2v) is 4.65. The zero-order valence-corrected chi connectivity index (χ0v) is 11.0. The largest absolute Gasteiger partial charge is 0.371 e. The van der Waals surface area contributed by atoms with Crippen LogP contribution in [0.5, 0.6) is 0 Å². The van der Waals surface area contributed by atoms with Crippen LogP contribution in [-0.2, 0) is 14.4 Å². The summed E-state index contributed by atoms with van der Waals surface area (Å²) in [7, 11) is 0. The maximum absolute atomic E-state index is 5.71. The first-order valence-electron chi connectivity index (χ1n) is 6.52. The molecule has 2 atom stereocenters. The lowest BCUT2D eigenvalue weighted by molar-refractivity contribution is -0.101. The first-order chi connectivity index (χ1) is 8.79. The molecular formula is C14H21NO3. The van der Waals surface area contributed by atoms with Gasteiger partial charge in [-0.05, 0) is 18.1 Å². The van der Waals surface area contributed by atoms with E-state index >= 15 is 0 Å². The molecule has 0 radical (unpaired) electrons. The normalized spacial score (nSPS) is 19.6. The fraction of sp³-hybridized carbons (Fsp3) is 0.571. The predicted octanol–water partition coefficient (Wildman–Crippen LogP) is 2.80. The number of benzene rings is 1. The van der Waals surface area contributed by atoms with Gasteiger partial charge in [-0.25, -0.2) is 9.68 Å². The molecular weight excluding hydrogens is 230 g/mol. The van der Waals surface area contributed by atoms with Gasteiger partial charge in [0.25, 0.3) is 0 Å². The van der Waals surface area contributed by atoms with Crippen LogP contribution in [-0.4, -0.2) is 25.9 Å². The summed E-state index contributed by atoms with van der Waals surface area (Å²) >= 11 is 0. The lowest BCUT2D eigenvalue weighted by Gasteiger charge is -2.23. The molecule has 2 rings (SSSR count). The van der Waals surface area contributed by atoms with Gasteiger partial charge in [-0.1, -0.05) is 38.5 Å². The van der Waals surface area contributed by atoms with Gasteiger partial charge in [0.15, 0.2) is 0 Å². The van der Waals surface area contributed by atoms with Crippen LogP contribution in [0.2, 0.25) is 0 Å². The molecule has 18 heavy (non-hydrogen) atoms. The quantitative estimate of drug-likeness (QED) is 0.525. The third-order valence-electron chi connectivity index (χ3n) is 2.92. The van der Waals surface area contributed by atoms with Gasteiger partial charge in [0.05, 0.1) is 18.9 Å². The molecule has 0 amide bonds. The van der Waals surface area contributed by atoms with Crippen LogP contribution in [0.15, 0.2) is 30.3 Å². The Balaban J connectivity index is 1.88. The second kappa shape index (κ2) is 6.73. The van der Waals surface area contributed by atoms with E-state index in [0.717, 1.165) is 18.7 Å². The van der Waals surface area contributed by atoms with Crippen LogP contribution in [0, 0.1) is 5.92 Å². The summed E-state index contributed by atoms with van der Waals surface area (Å²) in [6.45, 7) is 6.28. The van der Waals surface area contributed by atoms with Gasteiger partial charge in [0.1, 0.15) is 12.7 Å². The topological polar surface area (TPSA) is 34.2 Å². The van der Waals surface area contributed by atoms with Crippen molar-refractivity contribution in [3.05, 3.63) is 30.3 Å². The van der Waals surface area contributed by atoms with Crippen molar-refractivity contribution in [3.63, 3.8) is 0 Å². The summed E-state index contributed by atoms with van der Waals surface area (Å²) in [4.78, 5) is 11.3. The Morgan fingerprint density at radius 2 is 2.06 bits per heavy atom. The van der Waals surface area contributed by atoms with Crippen molar-refractivity contribution in [2.45, 2.75) is 26.4 Å². The number of anilines is 1. The van der Waals surface area contributed by atoms with Crippen LogP contribution in [0.4, 0.5) is 5.69 Å². The van der Waals surface area contributed by atoms with E-state index in [-0.39, 0.29) is 6.10 Å². The molecule has 1 heterocycles. The van der Waals surface area contributed by atoms with Crippen molar-refractivity contribution < 1.29 is 14.4 Å². The highest BCUT2D eigenvalue weighted by atomic mass is 17.0. The average Bonchev–Trinajstić information content (AvgIpc) is 3.23. The lowest BCUT2D eigenvalue weighted by Crippen LogP contribution is -2.28. The number of para-hydroxylation sites is 1. The number of hydrogen-bond acceptors (Lipinski definition) is 4. The van der Waals surface area contributed by atoms with Gasteiger partial charge in [0.2, 0.25) is 0 Å². The molecule has 100 valence electrons. The Hall–Kier alpha value is -1.10.